The van der Waals surface area contributed by atoms with E-state index in [0.29, 0.717) is 0 Å². The van der Waals surface area contributed by atoms with E-state index in [1.165, 1.54) is 12.1 Å². The number of aryl methyl sites for hydroxylation is 1. The van der Waals surface area contributed by atoms with Gasteiger partial charge in [0.25, 0.3) is 10.1 Å². The minimum atomic E-state index is -3.91. The maximum atomic E-state index is 11.5. The van der Waals surface area contributed by atoms with Crippen molar-refractivity contribution in [1.82, 2.24) is 0 Å². The quantitative estimate of drug-likeness (QED) is 0.751. The molecule has 5 nitrogen and oxygen atoms in total. The first-order valence-corrected chi connectivity index (χ1v) is 5.95. The van der Waals surface area contributed by atoms with Crippen LogP contribution in [0.15, 0.2) is 29.2 Å². The van der Waals surface area contributed by atoms with Crippen LogP contribution in [0.2, 0.25) is 0 Å². The molecule has 0 atom stereocenters. The Hall–Kier alpha value is -1.24. The average molecular weight is 244 g/mol. The first-order chi connectivity index (χ1) is 7.45. The number of ketones is 1. The molecule has 16 heavy (non-hydrogen) atoms. The van der Waals surface area contributed by atoms with E-state index in [0.717, 1.165) is 5.56 Å². The molecule has 0 aliphatic heterocycles. The van der Waals surface area contributed by atoms with E-state index in [-0.39, 0.29) is 4.90 Å². The van der Waals surface area contributed by atoms with E-state index in [9.17, 15) is 13.2 Å². The van der Waals surface area contributed by atoms with Gasteiger partial charge in [0.05, 0.1) is 4.90 Å². The third-order valence-corrected chi connectivity index (χ3v) is 3.14. The summed E-state index contributed by atoms with van der Waals surface area (Å²) in [7, 11) is -3.91. The number of carbonyl (C=O) groups is 1. The van der Waals surface area contributed by atoms with Crippen LogP contribution in [0, 0.1) is 6.92 Å². The Morgan fingerprint density at radius 3 is 2.38 bits per heavy atom. The number of Topliss-reactive ketones (excluding diaryl/α,β-unsaturated/α-hetero) is 1. The molecule has 0 bridgehead atoms. The second-order valence-electron chi connectivity index (χ2n) is 3.23. The van der Waals surface area contributed by atoms with Crippen molar-refractivity contribution in [3.05, 3.63) is 29.8 Å². The lowest BCUT2D eigenvalue weighted by Gasteiger charge is -2.04. The summed E-state index contributed by atoms with van der Waals surface area (Å²) in [5.74, 6) is -0.685. The number of carbonyl (C=O) groups excluding carboxylic acids is 1. The summed E-state index contributed by atoms with van der Waals surface area (Å²) in [6, 6.07) is 6.05. The van der Waals surface area contributed by atoms with E-state index in [1.807, 2.05) is 6.92 Å². The minimum Gasteiger partial charge on any atom is -0.388 e. The molecule has 88 valence electrons. The SMILES string of the molecule is Cc1ccc(S(=O)(=O)OCC(=O)CO)cc1. The standard InChI is InChI=1S/C10H12O5S/c1-8-2-4-10(5-3-8)16(13,14)15-7-9(12)6-11/h2-5,11H,6-7H2,1H3. The van der Waals surface area contributed by atoms with Gasteiger partial charge in [0, 0.05) is 0 Å². The molecule has 1 aromatic carbocycles. The second-order valence-corrected chi connectivity index (χ2v) is 4.84. The van der Waals surface area contributed by atoms with Crippen LogP contribution in [0.1, 0.15) is 5.56 Å². The lowest BCUT2D eigenvalue weighted by molar-refractivity contribution is -0.123. The van der Waals surface area contributed by atoms with Crippen LogP contribution in [0.3, 0.4) is 0 Å². The fourth-order valence-electron chi connectivity index (χ4n) is 0.962. The number of aliphatic hydroxyl groups excluding tert-OH is 1. The molecule has 0 aliphatic rings. The summed E-state index contributed by atoms with van der Waals surface area (Å²) < 4.78 is 27.5. The van der Waals surface area contributed by atoms with Gasteiger partial charge >= 0.3 is 0 Å². The van der Waals surface area contributed by atoms with Gasteiger partial charge in [0.1, 0.15) is 13.2 Å². The normalized spacial score (nSPS) is 11.4. The number of rotatable bonds is 5. The molecule has 0 aromatic heterocycles. The van der Waals surface area contributed by atoms with Crippen LogP contribution in [0.4, 0.5) is 0 Å². The largest absolute Gasteiger partial charge is 0.388 e. The van der Waals surface area contributed by atoms with Gasteiger partial charge in [-0.3, -0.25) is 8.98 Å². The van der Waals surface area contributed by atoms with Crippen molar-refractivity contribution in [2.24, 2.45) is 0 Å². The molecule has 0 saturated heterocycles. The number of aliphatic hydroxyl groups is 1. The van der Waals surface area contributed by atoms with Crippen molar-refractivity contribution in [2.75, 3.05) is 13.2 Å². The highest BCUT2D eigenvalue weighted by atomic mass is 32.2. The zero-order valence-corrected chi connectivity index (χ0v) is 9.53. The summed E-state index contributed by atoms with van der Waals surface area (Å²) in [6.07, 6.45) is 0. The lowest BCUT2D eigenvalue weighted by atomic mass is 10.2. The Bertz CT molecular complexity index is 460. The Kier molecular flexibility index (Phi) is 4.17. The second kappa shape index (κ2) is 5.20. The molecule has 1 aromatic rings. The van der Waals surface area contributed by atoms with Gasteiger partial charge in [-0.1, -0.05) is 17.7 Å². The van der Waals surface area contributed by atoms with Gasteiger partial charge in [-0.25, -0.2) is 0 Å². The van der Waals surface area contributed by atoms with Crippen LogP contribution >= 0.6 is 0 Å². The molecule has 0 heterocycles. The summed E-state index contributed by atoms with van der Waals surface area (Å²) in [6.45, 7) is 0.447. The molecule has 0 aliphatic carbocycles. The fourth-order valence-corrected chi connectivity index (χ4v) is 1.85. The van der Waals surface area contributed by atoms with E-state index < -0.39 is 29.1 Å². The van der Waals surface area contributed by atoms with Crippen LogP contribution in [0.25, 0.3) is 0 Å². The number of benzene rings is 1. The molecular formula is C10H12O5S. The van der Waals surface area contributed by atoms with Crippen molar-refractivity contribution < 1.29 is 22.5 Å². The minimum absolute atomic E-state index is 0.0103. The van der Waals surface area contributed by atoms with Crippen LogP contribution in [-0.4, -0.2) is 32.5 Å². The predicted octanol–water partition coefficient (Wildman–Crippen LogP) is 0.262. The highest BCUT2D eigenvalue weighted by Crippen LogP contribution is 2.12. The summed E-state index contributed by atoms with van der Waals surface area (Å²) in [5.41, 5.74) is 0.922. The predicted molar refractivity (Wildman–Crippen MR) is 56.4 cm³/mol. The van der Waals surface area contributed by atoms with Gasteiger partial charge in [-0.15, -0.1) is 0 Å². The lowest BCUT2D eigenvalue weighted by Crippen LogP contribution is -2.17. The molecule has 6 heteroatoms. The molecule has 0 radical (unpaired) electrons. The maximum absolute atomic E-state index is 11.5. The van der Waals surface area contributed by atoms with Crippen LogP contribution in [-0.2, 0) is 19.1 Å². The third-order valence-electron chi connectivity index (χ3n) is 1.86. The Balaban J connectivity index is 2.78. The molecule has 0 unspecified atom stereocenters. The molecule has 0 fully saturated rings. The first-order valence-electron chi connectivity index (χ1n) is 4.54. The highest BCUT2D eigenvalue weighted by molar-refractivity contribution is 7.86. The first kappa shape index (κ1) is 12.8. The smallest absolute Gasteiger partial charge is 0.297 e. The molecule has 0 saturated carbocycles. The van der Waals surface area contributed by atoms with Crippen molar-refractivity contribution in [2.45, 2.75) is 11.8 Å². The topological polar surface area (TPSA) is 80.7 Å². The molecule has 0 spiro atoms. The van der Waals surface area contributed by atoms with Gasteiger partial charge in [-0.2, -0.15) is 8.42 Å². The zero-order valence-electron chi connectivity index (χ0n) is 8.71. The summed E-state index contributed by atoms with van der Waals surface area (Å²) in [4.78, 5) is 10.7. The summed E-state index contributed by atoms with van der Waals surface area (Å²) >= 11 is 0. The van der Waals surface area contributed by atoms with Crippen LogP contribution < -0.4 is 0 Å². The third kappa shape index (κ3) is 3.41. The number of hydrogen-bond acceptors (Lipinski definition) is 5. The van der Waals surface area contributed by atoms with Gasteiger partial charge < -0.3 is 5.11 Å². The van der Waals surface area contributed by atoms with Crippen molar-refractivity contribution >= 4 is 15.9 Å². The molecule has 0 amide bonds. The van der Waals surface area contributed by atoms with Crippen molar-refractivity contribution in [1.29, 1.82) is 0 Å². The Morgan fingerprint density at radius 1 is 1.31 bits per heavy atom. The van der Waals surface area contributed by atoms with Crippen LogP contribution in [0.5, 0.6) is 0 Å². The van der Waals surface area contributed by atoms with E-state index >= 15 is 0 Å². The van der Waals surface area contributed by atoms with Gasteiger partial charge in [0.15, 0.2) is 5.78 Å². The highest BCUT2D eigenvalue weighted by Gasteiger charge is 2.16. The van der Waals surface area contributed by atoms with E-state index in [2.05, 4.69) is 4.18 Å². The summed E-state index contributed by atoms with van der Waals surface area (Å²) in [5, 5.41) is 8.41. The fraction of sp³-hybridized carbons (Fsp3) is 0.300. The Labute approximate surface area is 93.8 Å². The van der Waals surface area contributed by atoms with E-state index in [4.69, 9.17) is 5.11 Å². The van der Waals surface area contributed by atoms with Crippen molar-refractivity contribution in [3.8, 4) is 0 Å². The average Bonchev–Trinajstić information content (AvgIpc) is 2.26. The molecule has 1 rings (SSSR count). The molecule has 1 N–H and O–H groups in total. The monoisotopic (exact) mass is 244 g/mol. The van der Waals surface area contributed by atoms with Crippen molar-refractivity contribution in [3.63, 3.8) is 0 Å². The number of hydrogen-bond donors (Lipinski definition) is 1. The van der Waals surface area contributed by atoms with Gasteiger partial charge in [0.2, 0.25) is 0 Å². The Morgan fingerprint density at radius 2 is 1.88 bits per heavy atom. The molecular weight excluding hydrogens is 232 g/mol. The zero-order chi connectivity index (χ0) is 12.2. The van der Waals surface area contributed by atoms with E-state index in [1.54, 1.807) is 12.1 Å². The maximum Gasteiger partial charge on any atom is 0.297 e. The van der Waals surface area contributed by atoms with Gasteiger partial charge in [-0.05, 0) is 19.1 Å².